The van der Waals surface area contributed by atoms with Gasteiger partial charge in [0.15, 0.2) is 12.5 Å². The number of hydrogen-bond donors (Lipinski definition) is 1. The summed E-state index contributed by atoms with van der Waals surface area (Å²) in [5.41, 5.74) is -1.86. The fourth-order valence-electron chi connectivity index (χ4n) is 5.18. The zero-order valence-electron chi connectivity index (χ0n) is 34.0. The number of azo groups is 1. The molecule has 0 aliphatic heterocycles. The Morgan fingerprint density at radius 3 is 2.05 bits per heavy atom. The molecule has 0 amide bonds. The standard InChI is InChI=1S/C33H35F3N10O10S3.3Na/c1-32(2,3)29-25(19-38)30(46(44-29)31-39-11-9-28(41-31)33(34,35)36)43-42-26-8-7-21(45(13-6-10-37)12-4-5-14-57(47,48)49)15-27(26)40-20-56-22-16-23(58(50,51)52)18-24(17-22)59(53,54)55;;;/h7-9,11,15-18,40H,4-6,12-14,20H2,1-3H3,(H,47,48,49)(H,50,51,52)(H,53,54,55);;;/q;3*+1/p-3. The van der Waals surface area contributed by atoms with Gasteiger partial charge in [-0.2, -0.15) is 33.5 Å². The normalized spacial score (nSPS) is 12.0. The number of benzene rings is 2. The van der Waals surface area contributed by atoms with E-state index in [9.17, 15) is 62.6 Å². The first-order chi connectivity index (χ1) is 27.3. The van der Waals surface area contributed by atoms with E-state index in [1.807, 2.05) is 12.1 Å². The summed E-state index contributed by atoms with van der Waals surface area (Å²) in [5, 5.41) is 35.0. The Labute approximate surface area is 421 Å². The molecule has 0 bridgehead atoms. The molecule has 316 valence electrons. The third kappa shape index (κ3) is 16.3. The van der Waals surface area contributed by atoms with E-state index in [2.05, 4.69) is 30.6 Å². The number of anilines is 2. The van der Waals surface area contributed by atoms with Crippen molar-refractivity contribution in [3.05, 3.63) is 65.6 Å². The molecule has 20 nitrogen and oxygen atoms in total. The maximum absolute atomic E-state index is 13.6. The van der Waals surface area contributed by atoms with E-state index >= 15 is 0 Å². The zero-order chi connectivity index (χ0) is 44.0. The van der Waals surface area contributed by atoms with Gasteiger partial charge in [0.2, 0.25) is 0 Å². The Morgan fingerprint density at radius 1 is 0.887 bits per heavy atom. The Kier molecular flexibility index (Phi) is 21.6. The molecular formula is C33H32F3N10Na3O10S3. The summed E-state index contributed by atoms with van der Waals surface area (Å²) in [7, 11) is -15.0. The molecule has 29 heteroatoms. The summed E-state index contributed by atoms with van der Waals surface area (Å²) >= 11 is 0. The number of aromatic nitrogens is 4. The quantitative estimate of drug-likeness (QED) is 0.0343. The van der Waals surface area contributed by atoms with Gasteiger partial charge >= 0.3 is 94.8 Å². The molecule has 0 radical (unpaired) electrons. The van der Waals surface area contributed by atoms with Gasteiger partial charge in [-0.25, -0.2) is 35.2 Å². The first kappa shape index (κ1) is 57.2. The molecule has 2 aromatic heterocycles. The second-order valence-corrected chi connectivity index (χ2v) is 17.6. The van der Waals surface area contributed by atoms with Gasteiger partial charge < -0.3 is 28.6 Å². The summed E-state index contributed by atoms with van der Waals surface area (Å²) in [6, 6.07) is 10.6. The maximum atomic E-state index is 13.6. The summed E-state index contributed by atoms with van der Waals surface area (Å²) < 4.78 is 151. The van der Waals surface area contributed by atoms with Crippen molar-refractivity contribution in [1.82, 2.24) is 19.7 Å². The van der Waals surface area contributed by atoms with Crippen molar-refractivity contribution in [2.75, 3.05) is 35.8 Å². The maximum Gasteiger partial charge on any atom is 1.00 e. The van der Waals surface area contributed by atoms with E-state index in [4.69, 9.17) is 4.74 Å². The molecular weight excluding hydrogens is 919 g/mol. The number of rotatable bonds is 17. The molecule has 0 saturated heterocycles. The monoisotopic (exact) mass is 950 g/mol. The molecule has 2 aromatic carbocycles. The van der Waals surface area contributed by atoms with Crippen molar-refractivity contribution in [3.8, 4) is 23.8 Å². The molecule has 4 aromatic rings. The predicted molar refractivity (Wildman–Crippen MR) is 196 cm³/mol. The van der Waals surface area contributed by atoms with Crippen molar-refractivity contribution in [1.29, 1.82) is 10.5 Å². The SMILES string of the molecule is CC(C)(C)c1nn(-c2nccc(C(F)(F)F)n2)c(N=Nc2ccc(N(CCC#N)CCCCS(=O)(=O)[O-])cc2NCOc2cc(S(=O)(=O)[O-])cc(S(=O)(=O)[O-])c2)c1C#N.[Na+].[Na+].[Na+]. The van der Waals surface area contributed by atoms with Crippen LogP contribution in [0.25, 0.3) is 5.95 Å². The molecule has 1 N–H and O–H groups in total. The van der Waals surface area contributed by atoms with Crippen molar-refractivity contribution in [2.45, 2.75) is 61.4 Å². The topological polar surface area (TPSA) is 312 Å². The van der Waals surface area contributed by atoms with E-state index in [0.29, 0.717) is 30.0 Å². The second-order valence-electron chi connectivity index (χ2n) is 13.3. The van der Waals surface area contributed by atoms with E-state index in [-0.39, 0.29) is 149 Å². The average Bonchev–Trinajstić information content (AvgIpc) is 3.52. The van der Waals surface area contributed by atoms with Crippen LogP contribution in [-0.4, -0.2) is 84.2 Å². The fraction of sp³-hybridized carbons (Fsp3) is 0.364. The van der Waals surface area contributed by atoms with Gasteiger partial charge in [-0.05, 0) is 55.3 Å². The predicted octanol–water partition coefficient (Wildman–Crippen LogP) is -4.42. The molecule has 0 atom stereocenters. The molecule has 2 heterocycles. The van der Waals surface area contributed by atoms with Gasteiger partial charge in [-0.15, -0.1) is 10.2 Å². The fourth-order valence-corrected chi connectivity index (χ4v) is 6.88. The molecule has 0 spiro atoms. The summed E-state index contributed by atoms with van der Waals surface area (Å²) in [4.78, 5) is 6.97. The number of nitrogens with zero attached hydrogens (tertiary/aromatic N) is 9. The van der Waals surface area contributed by atoms with Crippen molar-refractivity contribution < 1.29 is 145 Å². The minimum Gasteiger partial charge on any atom is -0.748 e. The number of nitrogens with one attached hydrogen (secondary N) is 1. The van der Waals surface area contributed by atoms with Crippen LogP contribution in [0.15, 0.2) is 68.7 Å². The minimum absolute atomic E-state index is 0. The Bertz CT molecular complexity index is 2620. The number of halogens is 3. The number of hydrogen-bond acceptors (Lipinski definition) is 19. The summed E-state index contributed by atoms with van der Waals surface area (Å²) in [5.74, 6) is -2.13. The molecule has 0 unspecified atom stereocenters. The summed E-state index contributed by atoms with van der Waals surface area (Å²) in [6.07, 6.45) is -3.82. The first-order valence-electron chi connectivity index (χ1n) is 16.8. The Balaban J connectivity index is 0.00000641. The molecule has 62 heavy (non-hydrogen) atoms. The van der Waals surface area contributed by atoms with Gasteiger partial charge in [0.25, 0.3) is 5.95 Å². The zero-order valence-corrected chi connectivity index (χ0v) is 42.5. The smallest absolute Gasteiger partial charge is 0.748 e. The number of nitriles is 2. The Morgan fingerprint density at radius 2 is 1.52 bits per heavy atom. The number of unbranched alkanes of at least 4 members (excludes halogenated alkanes) is 1. The summed E-state index contributed by atoms with van der Waals surface area (Å²) in [6.45, 7) is 4.70. The van der Waals surface area contributed by atoms with Crippen molar-refractivity contribution in [2.24, 2.45) is 10.2 Å². The van der Waals surface area contributed by atoms with Gasteiger partial charge in [-0.3, -0.25) is 0 Å². The van der Waals surface area contributed by atoms with E-state index in [1.165, 1.54) is 18.2 Å². The largest absolute Gasteiger partial charge is 1.00 e. The van der Waals surface area contributed by atoms with E-state index in [0.717, 1.165) is 10.9 Å². The van der Waals surface area contributed by atoms with Crippen LogP contribution in [0, 0.1) is 22.7 Å². The molecule has 0 aliphatic rings. The second kappa shape index (κ2) is 23.4. The van der Waals surface area contributed by atoms with E-state index < -0.39 is 81.6 Å². The van der Waals surface area contributed by atoms with Crippen LogP contribution < -0.4 is 104 Å². The van der Waals surface area contributed by atoms with Crippen LogP contribution in [0.2, 0.25) is 0 Å². The van der Waals surface area contributed by atoms with Crippen LogP contribution >= 0.6 is 0 Å². The van der Waals surface area contributed by atoms with Gasteiger partial charge in [0, 0.05) is 36.1 Å². The molecule has 0 aliphatic carbocycles. The number of ether oxygens (including phenoxy) is 1. The van der Waals surface area contributed by atoms with Gasteiger partial charge in [0.05, 0.1) is 43.8 Å². The Hall–Kier alpha value is -2.77. The van der Waals surface area contributed by atoms with Crippen LogP contribution in [0.4, 0.5) is 36.1 Å². The first-order valence-corrected chi connectivity index (χ1v) is 21.2. The van der Waals surface area contributed by atoms with Crippen LogP contribution in [0.3, 0.4) is 0 Å². The molecule has 4 rings (SSSR count). The molecule has 0 saturated carbocycles. The van der Waals surface area contributed by atoms with Crippen molar-refractivity contribution in [3.63, 3.8) is 0 Å². The minimum atomic E-state index is -5.27. The van der Waals surface area contributed by atoms with Crippen LogP contribution in [0.5, 0.6) is 5.75 Å². The third-order valence-electron chi connectivity index (χ3n) is 7.90. The van der Waals surface area contributed by atoms with E-state index in [1.54, 1.807) is 25.7 Å². The van der Waals surface area contributed by atoms with Crippen LogP contribution in [0.1, 0.15) is 57.0 Å². The average molecular weight is 951 g/mol. The van der Waals surface area contributed by atoms with Crippen LogP contribution in [-0.2, 0) is 41.9 Å². The van der Waals surface area contributed by atoms with Gasteiger partial charge in [-0.1, -0.05) is 20.8 Å². The third-order valence-corrected chi connectivity index (χ3v) is 10.3. The van der Waals surface area contributed by atoms with Gasteiger partial charge in [0.1, 0.15) is 49.0 Å². The number of alkyl halides is 3. The van der Waals surface area contributed by atoms with Crippen molar-refractivity contribution >= 4 is 53.2 Å². The molecule has 0 fully saturated rings.